The number of hydrogen-bond acceptors (Lipinski definition) is 3. The van der Waals surface area contributed by atoms with Crippen LogP contribution in [0.25, 0.3) is 0 Å². The molecule has 0 aliphatic heterocycles. The lowest BCUT2D eigenvalue weighted by atomic mass is 9.82. The van der Waals surface area contributed by atoms with E-state index in [-0.39, 0.29) is 17.1 Å². The Hall–Kier alpha value is 0.200. The third kappa shape index (κ3) is 6.39. The van der Waals surface area contributed by atoms with Gasteiger partial charge in [-0.15, -0.1) is 0 Å². The van der Waals surface area contributed by atoms with Gasteiger partial charge in [-0.25, -0.2) is 8.42 Å². The lowest BCUT2D eigenvalue weighted by molar-refractivity contribution is 0.0519. The van der Waals surface area contributed by atoms with E-state index in [0.717, 1.165) is 18.9 Å². The Bertz CT molecular complexity index is 342. The Kier molecular flexibility index (Phi) is 5.94. The van der Waals surface area contributed by atoms with E-state index in [1.165, 1.54) is 19.3 Å². The molecular formula is C13H25ClO3S. The van der Waals surface area contributed by atoms with Gasteiger partial charge in [0, 0.05) is 23.2 Å². The van der Waals surface area contributed by atoms with E-state index in [2.05, 4.69) is 0 Å². The summed E-state index contributed by atoms with van der Waals surface area (Å²) >= 11 is 0. The second-order valence-corrected chi connectivity index (χ2v) is 9.25. The third-order valence-corrected chi connectivity index (χ3v) is 5.02. The molecule has 0 aromatic heterocycles. The van der Waals surface area contributed by atoms with E-state index >= 15 is 0 Å². The summed E-state index contributed by atoms with van der Waals surface area (Å²) < 4.78 is 28.0. The number of ether oxygens (including phenoxy) is 1. The van der Waals surface area contributed by atoms with E-state index in [9.17, 15) is 8.42 Å². The first-order chi connectivity index (χ1) is 8.18. The molecule has 0 aromatic carbocycles. The maximum absolute atomic E-state index is 11.2. The highest BCUT2D eigenvalue weighted by atomic mass is 35.7. The van der Waals surface area contributed by atoms with Crippen LogP contribution in [0.2, 0.25) is 0 Å². The Balaban J connectivity index is 2.31. The van der Waals surface area contributed by atoms with Crippen molar-refractivity contribution in [3.63, 3.8) is 0 Å². The van der Waals surface area contributed by atoms with Crippen molar-refractivity contribution < 1.29 is 13.2 Å². The van der Waals surface area contributed by atoms with E-state index < -0.39 is 9.05 Å². The maximum Gasteiger partial charge on any atom is 0.232 e. The van der Waals surface area contributed by atoms with Crippen LogP contribution in [0.1, 0.15) is 46.5 Å². The molecule has 0 bridgehead atoms. The minimum absolute atomic E-state index is 0.0124. The molecule has 1 aliphatic carbocycles. The SMILES string of the molecule is CC(C)(C)C(COCCC1CCC1)CS(=O)(=O)Cl. The molecule has 3 nitrogen and oxygen atoms in total. The zero-order chi connectivity index (χ0) is 13.8. The van der Waals surface area contributed by atoms with Gasteiger partial charge in [0.25, 0.3) is 0 Å². The Morgan fingerprint density at radius 3 is 2.33 bits per heavy atom. The normalized spacial score (nSPS) is 19.6. The smallest absolute Gasteiger partial charge is 0.232 e. The third-order valence-electron chi connectivity index (χ3n) is 3.84. The highest BCUT2D eigenvalue weighted by molar-refractivity contribution is 8.13. The summed E-state index contributed by atoms with van der Waals surface area (Å²) in [5.74, 6) is 0.762. The molecule has 1 fully saturated rings. The first kappa shape index (κ1) is 16.3. The van der Waals surface area contributed by atoms with E-state index in [4.69, 9.17) is 15.4 Å². The molecule has 1 unspecified atom stereocenters. The zero-order valence-electron chi connectivity index (χ0n) is 11.6. The van der Waals surface area contributed by atoms with Gasteiger partial charge >= 0.3 is 0 Å². The molecule has 0 radical (unpaired) electrons. The van der Waals surface area contributed by atoms with Crippen LogP contribution in [0.3, 0.4) is 0 Å². The summed E-state index contributed by atoms with van der Waals surface area (Å²) in [6.45, 7) is 7.28. The zero-order valence-corrected chi connectivity index (χ0v) is 13.2. The monoisotopic (exact) mass is 296 g/mol. The van der Waals surface area contributed by atoms with Gasteiger partial charge in [-0.05, 0) is 17.8 Å². The van der Waals surface area contributed by atoms with Crippen LogP contribution in [-0.2, 0) is 13.8 Å². The average Bonchev–Trinajstić information content (AvgIpc) is 2.09. The van der Waals surface area contributed by atoms with Crippen LogP contribution in [0.15, 0.2) is 0 Å². The Morgan fingerprint density at radius 2 is 1.94 bits per heavy atom. The van der Waals surface area contributed by atoms with Crippen LogP contribution in [0.4, 0.5) is 0 Å². The summed E-state index contributed by atoms with van der Waals surface area (Å²) in [4.78, 5) is 0. The molecule has 0 saturated heterocycles. The van der Waals surface area contributed by atoms with Crippen molar-refractivity contribution in [2.24, 2.45) is 17.3 Å². The largest absolute Gasteiger partial charge is 0.381 e. The number of rotatable bonds is 7. The predicted octanol–water partition coefficient (Wildman–Crippen LogP) is 3.42. The van der Waals surface area contributed by atoms with Gasteiger partial charge in [0.05, 0.1) is 12.4 Å². The van der Waals surface area contributed by atoms with Gasteiger partial charge in [0.1, 0.15) is 0 Å². The molecule has 1 rings (SSSR count). The summed E-state index contributed by atoms with van der Waals surface area (Å²) in [7, 11) is 1.88. The van der Waals surface area contributed by atoms with Crippen LogP contribution in [0, 0.1) is 17.3 Å². The summed E-state index contributed by atoms with van der Waals surface area (Å²) in [5.41, 5.74) is -0.113. The lowest BCUT2D eigenvalue weighted by Gasteiger charge is -2.30. The molecule has 1 saturated carbocycles. The number of halogens is 1. The molecule has 1 aliphatic rings. The van der Waals surface area contributed by atoms with Gasteiger partial charge in [-0.2, -0.15) is 0 Å². The van der Waals surface area contributed by atoms with Crippen LogP contribution >= 0.6 is 10.7 Å². The standard InChI is InChI=1S/C13H25ClO3S/c1-13(2,3)12(10-18(14,15)16)9-17-8-7-11-5-4-6-11/h11-12H,4-10H2,1-3H3. The molecule has 0 spiro atoms. The van der Waals surface area contributed by atoms with Crippen molar-refractivity contribution in [3.05, 3.63) is 0 Å². The molecule has 0 heterocycles. The molecule has 0 amide bonds. The number of hydrogen-bond donors (Lipinski definition) is 0. The fourth-order valence-corrected chi connectivity index (χ4v) is 3.58. The second kappa shape index (κ2) is 6.58. The van der Waals surface area contributed by atoms with Gasteiger partial charge < -0.3 is 4.74 Å². The molecule has 1 atom stereocenters. The Labute approximate surface area is 116 Å². The lowest BCUT2D eigenvalue weighted by Crippen LogP contribution is -2.31. The van der Waals surface area contributed by atoms with Gasteiger partial charge in [-0.1, -0.05) is 40.0 Å². The topological polar surface area (TPSA) is 43.4 Å². The Morgan fingerprint density at radius 1 is 1.33 bits per heavy atom. The van der Waals surface area contributed by atoms with Gasteiger partial charge in [0.15, 0.2) is 0 Å². The van der Waals surface area contributed by atoms with E-state index in [1.54, 1.807) is 0 Å². The minimum Gasteiger partial charge on any atom is -0.381 e. The molecule has 18 heavy (non-hydrogen) atoms. The molecule has 0 N–H and O–H groups in total. The molecule has 108 valence electrons. The van der Waals surface area contributed by atoms with Crippen molar-refractivity contribution in [2.75, 3.05) is 19.0 Å². The minimum atomic E-state index is -3.46. The average molecular weight is 297 g/mol. The first-order valence-corrected chi connectivity index (χ1v) is 9.16. The highest BCUT2D eigenvalue weighted by Gasteiger charge is 2.29. The van der Waals surface area contributed by atoms with Crippen molar-refractivity contribution in [2.45, 2.75) is 46.5 Å². The molecule has 0 aromatic rings. The van der Waals surface area contributed by atoms with Gasteiger partial charge in [0.2, 0.25) is 9.05 Å². The fourth-order valence-electron chi connectivity index (χ4n) is 2.05. The summed E-state index contributed by atoms with van der Waals surface area (Å²) in [5, 5.41) is 0. The van der Waals surface area contributed by atoms with Crippen molar-refractivity contribution >= 4 is 19.7 Å². The predicted molar refractivity (Wildman–Crippen MR) is 75.4 cm³/mol. The van der Waals surface area contributed by atoms with E-state index in [0.29, 0.717) is 6.61 Å². The summed E-state index contributed by atoms with van der Waals surface area (Å²) in [6.07, 6.45) is 5.09. The second-order valence-electron chi connectivity index (χ2n) is 6.43. The van der Waals surface area contributed by atoms with Crippen LogP contribution in [-0.4, -0.2) is 27.4 Å². The highest BCUT2D eigenvalue weighted by Crippen LogP contribution is 2.30. The van der Waals surface area contributed by atoms with Crippen molar-refractivity contribution in [3.8, 4) is 0 Å². The van der Waals surface area contributed by atoms with Crippen LogP contribution < -0.4 is 0 Å². The molecular weight excluding hydrogens is 272 g/mol. The molecule has 5 heteroatoms. The van der Waals surface area contributed by atoms with Crippen LogP contribution in [0.5, 0.6) is 0 Å². The fraction of sp³-hybridized carbons (Fsp3) is 1.00. The first-order valence-electron chi connectivity index (χ1n) is 6.68. The van der Waals surface area contributed by atoms with Gasteiger partial charge in [-0.3, -0.25) is 0 Å². The quantitative estimate of drug-likeness (QED) is 0.534. The van der Waals surface area contributed by atoms with Crippen molar-refractivity contribution in [1.29, 1.82) is 0 Å². The van der Waals surface area contributed by atoms with Crippen molar-refractivity contribution in [1.82, 2.24) is 0 Å². The van der Waals surface area contributed by atoms with E-state index in [1.807, 2.05) is 20.8 Å². The maximum atomic E-state index is 11.2. The summed E-state index contributed by atoms with van der Waals surface area (Å²) in [6, 6.07) is 0.